The van der Waals surface area contributed by atoms with E-state index in [0.29, 0.717) is 43.4 Å². The SMILES string of the molecule is CCOC=O.CN1CC2(CCC(N3CCN(c4cc(F)cnc4/C(C=NC4COC4)=C/N)CC3)C2)C1. The van der Waals surface area contributed by atoms with Crippen LogP contribution in [0, 0.1) is 11.2 Å². The number of aliphatic imine (C=N–C) groups is 1. The number of nitrogens with zero attached hydrogens (tertiary/aromatic N) is 5. The van der Waals surface area contributed by atoms with Crippen LogP contribution in [0.25, 0.3) is 5.57 Å². The third-order valence-corrected chi connectivity index (χ3v) is 7.63. The fourth-order valence-electron chi connectivity index (χ4n) is 5.84. The average molecular weight is 503 g/mol. The number of allylic oxidation sites excluding steroid dienone is 1. The van der Waals surface area contributed by atoms with Gasteiger partial charge in [0.1, 0.15) is 5.82 Å². The van der Waals surface area contributed by atoms with E-state index in [-0.39, 0.29) is 11.9 Å². The predicted molar refractivity (Wildman–Crippen MR) is 139 cm³/mol. The molecule has 1 unspecified atom stereocenters. The maximum Gasteiger partial charge on any atom is 0.293 e. The summed E-state index contributed by atoms with van der Waals surface area (Å²) >= 11 is 0. The quantitative estimate of drug-likeness (QED) is 0.445. The number of hydrogen-bond donors (Lipinski definition) is 1. The first kappa shape index (κ1) is 26.5. The molecule has 0 aromatic carbocycles. The molecule has 1 aromatic rings. The summed E-state index contributed by atoms with van der Waals surface area (Å²) in [4.78, 5) is 25.4. The van der Waals surface area contributed by atoms with Crippen molar-refractivity contribution in [1.29, 1.82) is 0 Å². The van der Waals surface area contributed by atoms with Crippen molar-refractivity contribution in [2.75, 3.05) is 71.0 Å². The highest BCUT2D eigenvalue weighted by Gasteiger charge is 2.48. The summed E-state index contributed by atoms with van der Waals surface area (Å²) in [5.74, 6) is -0.325. The number of pyridine rings is 1. The molecule has 1 aliphatic carbocycles. The van der Waals surface area contributed by atoms with Crippen LogP contribution in [0.4, 0.5) is 10.1 Å². The van der Waals surface area contributed by atoms with Gasteiger partial charge in [0.25, 0.3) is 6.47 Å². The summed E-state index contributed by atoms with van der Waals surface area (Å²) in [6, 6.07) is 2.45. The van der Waals surface area contributed by atoms with Gasteiger partial charge in [0, 0.05) is 69.4 Å². The van der Waals surface area contributed by atoms with Crippen LogP contribution < -0.4 is 10.6 Å². The molecule has 1 saturated carbocycles. The second kappa shape index (κ2) is 12.1. The minimum absolute atomic E-state index is 0.174. The van der Waals surface area contributed by atoms with Gasteiger partial charge in [0.15, 0.2) is 0 Å². The number of nitrogens with two attached hydrogens (primary N) is 1. The highest BCUT2D eigenvalue weighted by atomic mass is 19.1. The van der Waals surface area contributed by atoms with E-state index in [1.54, 1.807) is 19.2 Å². The molecule has 3 saturated heterocycles. The molecule has 5 rings (SSSR count). The van der Waals surface area contributed by atoms with Crippen molar-refractivity contribution in [2.24, 2.45) is 16.1 Å². The van der Waals surface area contributed by atoms with Gasteiger partial charge in [-0.25, -0.2) is 4.39 Å². The third-order valence-electron chi connectivity index (χ3n) is 7.63. The normalized spacial score (nSPS) is 24.8. The van der Waals surface area contributed by atoms with Crippen LogP contribution in [0.3, 0.4) is 0 Å². The molecule has 10 heteroatoms. The van der Waals surface area contributed by atoms with E-state index in [9.17, 15) is 9.18 Å². The molecular formula is C26H39FN6O3. The zero-order valence-electron chi connectivity index (χ0n) is 21.4. The van der Waals surface area contributed by atoms with Gasteiger partial charge in [-0.15, -0.1) is 0 Å². The van der Waals surface area contributed by atoms with E-state index in [0.717, 1.165) is 37.4 Å². The Morgan fingerprint density at radius 2 is 2.08 bits per heavy atom. The zero-order chi connectivity index (χ0) is 25.5. The molecule has 2 N–H and O–H groups in total. The van der Waals surface area contributed by atoms with Gasteiger partial charge in [-0.3, -0.25) is 19.7 Å². The first-order valence-electron chi connectivity index (χ1n) is 12.9. The lowest BCUT2D eigenvalue weighted by Gasteiger charge is -2.47. The molecule has 1 aromatic heterocycles. The summed E-state index contributed by atoms with van der Waals surface area (Å²) in [5, 5.41) is 0. The zero-order valence-corrected chi connectivity index (χ0v) is 21.4. The largest absolute Gasteiger partial charge is 0.468 e. The van der Waals surface area contributed by atoms with Crippen LogP contribution in [0.5, 0.6) is 0 Å². The molecule has 4 heterocycles. The Hall–Kier alpha value is -2.56. The van der Waals surface area contributed by atoms with Crippen molar-refractivity contribution in [3.63, 3.8) is 0 Å². The van der Waals surface area contributed by atoms with Crippen LogP contribution in [0.1, 0.15) is 31.9 Å². The number of ether oxygens (including phenoxy) is 2. The minimum Gasteiger partial charge on any atom is -0.468 e. The number of likely N-dealkylation sites (tertiary alicyclic amines) is 1. The smallest absolute Gasteiger partial charge is 0.293 e. The number of rotatable bonds is 7. The Balaban J connectivity index is 0.000000556. The lowest BCUT2D eigenvalue weighted by Crippen LogP contribution is -2.54. The van der Waals surface area contributed by atoms with Crippen LogP contribution in [0.2, 0.25) is 0 Å². The van der Waals surface area contributed by atoms with E-state index in [4.69, 9.17) is 10.5 Å². The Morgan fingerprint density at radius 3 is 2.64 bits per heavy atom. The molecule has 3 aliphatic heterocycles. The maximum atomic E-state index is 14.1. The second-order valence-corrected chi connectivity index (χ2v) is 10.3. The fourth-order valence-corrected chi connectivity index (χ4v) is 5.84. The average Bonchev–Trinajstić information content (AvgIpc) is 3.27. The Morgan fingerprint density at radius 1 is 1.33 bits per heavy atom. The Bertz CT molecular complexity index is 940. The van der Waals surface area contributed by atoms with Crippen molar-refractivity contribution >= 4 is 23.9 Å². The van der Waals surface area contributed by atoms with E-state index >= 15 is 0 Å². The Labute approximate surface area is 213 Å². The summed E-state index contributed by atoms with van der Waals surface area (Å²) in [7, 11) is 2.22. The molecule has 36 heavy (non-hydrogen) atoms. The van der Waals surface area contributed by atoms with Gasteiger partial charge < -0.3 is 25.0 Å². The topological polar surface area (TPSA) is 96.5 Å². The van der Waals surface area contributed by atoms with E-state index in [1.165, 1.54) is 44.7 Å². The van der Waals surface area contributed by atoms with Gasteiger partial charge >= 0.3 is 0 Å². The molecule has 0 radical (unpaired) electrons. The van der Waals surface area contributed by atoms with Crippen LogP contribution in [-0.2, 0) is 14.3 Å². The second-order valence-electron chi connectivity index (χ2n) is 10.3. The van der Waals surface area contributed by atoms with Crippen LogP contribution in [-0.4, -0.2) is 106 Å². The standard InChI is InChI=1S/C23H33FN6O.C3H6O2/c1-28-15-23(16-28)3-2-20(9-23)29-4-6-30(7-5-29)21-8-18(24)12-27-22(21)17(10-25)11-26-19-13-31-14-19;1-2-5-3-4/h8,10-12,19-20H,2-7,9,13-16,25H2,1H3;3H,2H2,1H3/b17-10+,26-11?;. The van der Waals surface area contributed by atoms with Crippen molar-refractivity contribution < 1.29 is 18.7 Å². The third kappa shape index (κ3) is 6.22. The summed E-state index contributed by atoms with van der Waals surface area (Å²) < 4.78 is 23.5. The molecule has 4 fully saturated rings. The van der Waals surface area contributed by atoms with Crippen LogP contribution >= 0.6 is 0 Å². The highest BCUT2D eigenvalue weighted by Crippen LogP contribution is 2.46. The maximum absolute atomic E-state index is 14.1. The lowest BCUT2D eigenvalue weighted by atomic mass is 9.78. The van der Waals surface area contributed by atoms with Gasteiger partial charge in [-0.2, -0.15) is 0 Å². The number of carbonyl (C=O) groups is 1. The first-order valence-corrected chi connectivity index (χ1v) is 12.9. The molecular weight excluding hydrogens is 463 g/mol. The molecule has 4 aliphatic rings. The summed E-state index contributed by atoms with van der Waals surface area (Å²) in [6.45, 7) is 10.2. The number of carbonyl (C=O) groups excluding carboxylic acids is 1. The Kier molecular flexibility index (Phi) is 8.92. The molecule has 198 valence electrons. The van der Waals surface area contributed by atoms with Gasteiger partial charge in [0.2, 0.25) is 0 Å². The van der Waals surface area contributed by atoms with E-state index < -0.39 is 0 Å². The van der Waals surface area contributed by atoms with Gasteiger partial charge in [-0.1, -0.05) is 0 Å². The lowest BCUT2D eigenvalue weighted by molar-refractivity contribution is -0.128. The number of halogens is 1. The summed E-state index contributed by atoms with van der Waals surface area (Å²) in [6.07, 6.45) is 8.51. The van der Waals surface area contributed by atoms with Gasteiger partial charge in [0.05, 0.1) is 43.4 Å². The van der Waals surface area contributed by atoms with Crippen molar-refractivity contribution in [1.82, 2.24) is 14.8 Å². The monoisotopic (exact) mass is 502 g/mol. The highest BCUT2D eigenvalue weighted by molar-refractivity contribution is 6.11. The molecule has 0 amide bonds. The molecule has 1 spiro atoms. The fraction of sp³-hybridized carbons (Fsp3) is 0.654. The minimum atomic E-state index is -0.325. The van der Waals surface area contributed by atoms with Crippen LogP contribution in [0.15, 0.2) is 23.5 Å². The first-order chi connectivity index (χ1) is 17.5. The van der Waals surface area contributed by atoms with E-state index in [2.05, 4.69) is 36.5 Å². The number of aromatic nitrogens is 1. The van der Waals surface area contributed by atoms with Crippen molar-refractivity contribution in [2.45, 2.75) is 38.3 Å². The van der Waals surface area contributed by atoms with Gasteiger partial charge in [-0.05, 0) is 38.6 Å². The molecule has 0 bridgehead atoms. The van der Waals surface area contributed by atoms with E-state index in [1.807, 2.05) is 0 Å². The van der Waals surface area contributed by atoms with Crippen molar-refractivity contribution in [3.8, 4) is 0 Å². The van der Waals surface area contributed by atoms with Crippen molar-refractivity contribution in [3.05, 3.63) is 30.0 Å². The number of anilines is 1. The number of piperazine rings is 1. The number of hydrogen-bond acceptors (Lipinski definition) is 9. The molecule has 9 nitrogen and oxygen atoms in total. The molecule has 1 atom stereocenters. The predicted octanol–water partition coefficient (Wildman–Crippen LogP) is 1.78. The summed E-state index contributed by atoms with van der Waals surface area (Å²) in [5.41, 5.74) is 8.68.